The standard InChI is InChI=1S/C16H23NO/c1-2-15(16(18)13-6-4-3-5-7-13)17-11-12-8-9-14(17)10-12/h3-7,12,14-16,18H,2,8-11H2,1H3. The van der Waals surface area contributed by atoms with Gasteiger partial charge in [0, 0.05) is 18.6 Å². The van der Waals surface area contributed by atoms with Gasteiger partial charge in [0.15, 0.2) is 0 Å². The van der Waals surface area contributed by atoms with Gasteiger partial charge in [0.05, 0.1) is 6.10 Å². The molecule has 1 saturated heterocycles. The maximum absolute atomic E-state index is 10.6. The molecule has 1 aromatic rings. The molecule has 1 aliphatic heterocycles. The Morgan fingerprint density at radius 2 is 2.06 bits per heavy atom. The van der Waals surface area contributed by atoms with E-state index in [1.54, 1.807) is 0 Å². The molecule has 2 fully saturated rings. The van der Waals surface area contributed by atoms with Crippen molar-refractivity contribution in [2.75, 3.05) is 6.54 Å². The van der Waals surface area contributed by atoms with E-state index in [0.717, 1.165) is 23.9 Å². The highest BCUT2D eigenvalue weighted by molar-refractivity contribution is 5.19. The number of piperidine rings is 1. The van der Waals surface area contributed by atoms with Gasteiger partial charge in [-0.15, -0.1) is 0 Å². The van der Waals surface area contributed by atoms with Crippen LogP contribution < -0.4 is 0 Å². The van der Waals surface area contributed by atoms with Crippen molar-refractivity contribution in [1.82, 2.24) is 4.90 Å². The van der Waals surface area contributed by atoms with Crippen molar-refractivity contribution in [2.45, 2.75) is 50.8 Å². The Morgan fingerprint density at radius 1 is 1.28 bits per heavy atom. The van der Waals surface area contributed by atoms with Crippen LogP contribution in [0.1, 0.15) is 44.3 Å². The maximum atomic E-state index is 10.6. The highest BCUT2D eigenvalue weighted by Crippen LogP contribution is 2.41. The third-order valence-electron chi connectivity index (χ3n) is 4.80. The zero-order valence-electron chi connectivity index (χ0n) is 11.1. The molecule has 1 saturated carbocycles. The summed E-state index contributed by atoms with van der Waals surface area (Å²) in [4.78, 5) is 2.58. The zero-order chi connectivity index (χ0) is 12.5. The highest BCUT2D eigenvalue weighted by Gasteiger charge is 2.42. The lowest BCUT2D eigenvalue weighted by molar-refractivity contribution is 0.0281. The molecule has 0 radical (unpaired) electrons. The largest absolute Gasteiger partial charge is 0.387 e. The first-order chi connectivity index (χ1) is 8.79. The lowest BCUT2D eigenvalue weighted by Gasteiger charge is -2.37. The summed E-state index contributed by atoms with van der Waals surface area (Å²) in [7, 11) is 0. The van der Waals surface area contributed by atoms with Gasteiger partial charge in [-0.05, 0) is 37.2 Å². The first-order valence-corrected chi connectivity index (χ1v) is 7.28. The summed E-state index contributed by atoms with van der Waals surface area (Å²) in [6.45, 7) is 3.40. The van der Waals surface area contributed by atoms with E-state index in [0.29, 0.717) is 6.04 Å². The van der Waals surface area contributed by atoms with Gasteiger partial charge in [-0.3, -0.25) is 4.90 Å². The van der Waals surface area contributed by atoms with Crippen LogP contribution in [0.3, 0.4) is 0 Å². The lowest BCUT2D eigenvalue weighted by atomic mass is 9.97. The Labute approximate surface area is 110 Å². The first kappa shape index (κ1) is 12.2. The van der Waals surface area contributed by atoms with E-state index in [-0.39, 0.29) is 6.10 Å². The van der Waals surface area contributed by atoms with E-state index in [1.165, 1.54) is 25.8 Å². The van der Waals surface area contributed by atoms with Crippen LogP contribution in [0.15, 0.2) is 30.3 Å². The summed E-state index contributed by atoms with van der Waals surface area (Å²) >= 11 is 0. The van der Waals surface area contributed by atoms with Gasteiger partial charge in [0.2, 0.25) is 0 Å². The summed E-state index contributed by atoms with van der Waals surface area (Å²) in [5.41, 5.74) is 1.06. The molecule has 4 atom stereocenters. The van der Waals surface area contributed by atoms with Crippen LogP contribution in [0.4, 0.5) is 0 Å². The molecule has 1 N–H and O–H groups in total. The first-order valence-electron chi connectivity index (χ1n) is 7.28. The van der Waals surface area contributed by atoms with E-state index in [4.69, 9.17) is 0 Å². The Kier molecular flexibility index (Phi) is 3.40. The Morgan fingerprint density at radius 3 is 2.61 bits per heavy atom. The predicted molar refractivity (Wildman–Crippen MR) is 73.3 cm³/mol. The van der Waals surface area contributed by atoms with Crippen molar-refractivity contribution < 1.29 is 5.11 Å². The molecule has 2 nitrogen and oxygen atoms in total. The SMILES string of the molecule is CCC(C(O)c1ccccc1)N1CC2CCC1C2. The third-order valence-corrected chi connectivity index (χ3v) is 4.80. The van der Waals surface area contributed by atoms with Gasteiger partial charge in [-0.2, -0.15) is 0 Å². The van der Waals surface area contributed by atoms with Crippen molar-refractivity contribution in [1.29, 1.82) is 0 Å². The quantitative estimate of drug-likeness (QED) is 0.881. The van der Waals surface area contributed by atoms with Crippen LogP contribution in [-0.4, -0.2) is 28.6 Å². The molecule has 4 unspecified atom stereocenters. The second-order valence-corrected chi connectivity index (χ2v) is 5.86. The van der Waals surface area contributed by atoms with Crippen LogP contribution in [0.25, 0.3) is 0 Å². The van der Waals surface area contributed by atoms with Crippen LogP contribution in [0.2, 0.25) is 0 Å². The van der Waals surface area contributed by atoms with Crippen molar-refractivity contribution in [2.24, 2.45) is 5.92 Å². The molecule has 2 heteroatoms. The number of hydrogen-bond donors (Lipinski definition) is 1. The Bertz CT molecular complexity index is 391. The number of benzene rings is 1. The lowest BCUT2D eigenvalue weighted by Crippen LogP contribution is -2.44. The molecule has 98 valence electrons. The molecule has 1 aromatic carbocycles. The van der Waals surface area contributed by atoms with E-state index in [1.807, 2.05) is 30.3 Å². The van der Waals surface area contributed by atoms with Crippen LogP contribution in [0, 0.1) is 5.92 Å². The molecule has 0 aromatic heterocycles. The summed E-state index contributed by atoms with van der Waals surface area (Å²) < 4.78 is 0. The van der Waals surface area contributed by atoms with E-state index in [2.05, 4.69) is 11.8 Å². The second kappa shape index (κ2) is 5.02. The summed E-state index contributed by atoms with van der Waals surface area (Å²) in [5.74, 6) is 0.895. The number of aliphatic hydroxyl groups is 1. The molecule has 0 spiro atoms. The Hall–Kier alpha value is -0.860. The molecule has 1 heterocycles. The molecular formula is C16H23NO. The van der Waals surface area contributed by atoms with Gasteiger partial charge in [-0.25, -0.2) is 0 Å². The molecule has 0 amide bonds. The fraction of sp³-hybridized carbons (Fsp3) is 0.625. The van der Waals surface area contributed by atoms with Gasteiger partial charge >= 0.3 is 0 Å². The predicted octanol–water partition coefficient (Wildman–Crippen LogP) is 2.98. The number of hydrogen-bond acceptors (Lipinski definition) is 2. The van der Waals surface area contributed by atoms with Gasteiger partial charge < -0.3 is 5.11 Å². The third kappa shape index (κ3) is 2.08. The van der Waals surface area contributed by atoms with E-state index < -0.39 is 0 Å². The second-order valence-electron chi connectivity index (χ2n) is 5.86. The summed E-state index contributed by atoms with van der Waals surface area (Å²) in [5, 5.41) is 10.6. The van der Waals surface area contributed by atoms with Crippen molar-refractivity contribution in [3.63, 3.8) is 0 Å². The number of rotatable bonds is 4. The normalized spacial score (nSPS) is 30.6. The fourth-order valence-electron chi connectivity index (χ4n) is 3.88. The maximum Gasteiger partial charge on any atom is 0.0945 e. The summed E-state index contributed by atoms with van der Waals surface area (Å²) in [6.07, 6.45) is 4.79. The Balaban J connectivity index is 1.76. The molecule has 2 bridgehead atoms. The van der Waals surface area contributed by atoms with Crippen LogP contribution in [0.5, 0.6) is 0 Å². The van der Waals surface area contributed by atoms with Gasteiger partial charge in [0.1, 0.15) is 0 Å². The van der Waals surface area contributed by atoms with Crippen molar-refractivity contribution in [3.05, 3.63) is 35.9 Å². The monoisotopic (exact) mass is 245 g/mol. The van der Waals surface area contributed by atoms with E-state index in [9.17, 15) is 5.11 Å². The fourth-order valence-corrected chi connectivity index (χ4v) is 3.88. The average Bonchev–Trinajstić information content (AvgIpc) is 3.03. The van der Waals surface area contributed by atoms with Gasteiger partial charge in [-0.1, -0.05) is 37.3 Å². The minimum absolute atomic E-state index is 0.294. The smallest absolute Gasteiger partial charge is 0.0945 e. The zero-order valence-corrected chi connectivity index (χ0v) is 11.1. The van der Waals surface area contributed by atoms with Crippen LogP contribution >= 0.6 is 0 Å². The summed E-state index contributed by atoms with van der Waals surface area (Å²) in [6, 6.07) is 11.2. The molecule has 1 aliphatic carbocycles. The average molecular weight is 245 g/mol. The number of likely N-dealkylation sites (tertiary alicyclic amines) is 1. The number of aliphatic hydroxyl groups excluding tert-OH is 1. The van der Waals surface area contributed by atoms with Gasteiger partial charge in [0.25, 0.3) is 0 Å². The van der Waals surface area contributed by atoms with E-state index >= 15 is 0 Å². The molecule has 3 rings (SSSR count). The minimum atomic E-state index is -0.337. The number of fused-ring (bicyclic) bond motifs is 2. The van der Waals surface area contributed by atoms with Crippen LogP contribution in [-0.2, 0) is 0 Å². The number of nitrogens with zero attached hydrogens (tertiary/aromatic N) is 1. The molecule has 18 heavy (non-hydrogen) atoms. The van der Waals surface area contributed by atoms with Crippen molar-refractivity contribution >= 4 is 0 Å². The molecular weight excluding hydrogens is 222 g/mol. The highest BCUT2D eigenvalue weighted by atomic mass is 16.3. The topological polar surface area (TPSA) is 23.5 Å². The van der Waals surface area contributed by atoms with Crippen molar-refractivity contribution in [3.8, 4) is 0 Å². The molecule has 2 aliphatic rings. The minimum Gasteiger partial charge on any atom is -0.387 e.